The lowest BCUT2D eigenvalue weighted by Gasteiger charge is -2.23. The molecule has 0 fully saturated rings. The number of halogens is 2. The summed E-state index contributed by atoms with van der Waals surface area (Å²) in [4.78, 5) is 19.2. The molecule has 1 atom stereocenters. The number of aryl methyl sites for hydroxylation is 1. The van der Waals surface area contributed by atoms with Crippen molar-refractivity contribution in [3.05, 3.63) is 29.0 Å². The van der Waals surface area contributed by atoms with Crippen molar-refractivity contribution in [3.8, 4) is 10.8 Å². The summed E-state index contributed by atoms with van der Waals surface area (Å²) in [5, 5.41) is 1.97. The fourth-order valence-corrected chi connectivity index (χ4v) is 2.42. The van der Waals surface area contributed by atoms with E-state index in [4.69, 9.17) is 10.2 Å². The van der Waals surface area contributed by atoms with Gasteiger partial charge in [-0.3, -0.25) is 4.79 Å². The van der Waals surface area contributed by atoms with Crippen LogP contribution in [-0.2, 0) is 11.2 Å². The average Bonchev–Trinajstić information content (AvgIpc) is 3.07. The van der Waals surface area contributed by atoms with E-state index in [0.717, 1.165) is 4.88 Å². The number of hydrogen-bond donors (Lipinski definition) is 1. The molecule has 0 aromatic carbocycles. The molecule has 0 radical (unpaired) electrons. The monoisotopic (exact) mass is 365 g/mol. The van der Waals surface area contributed by atoms with Gasteiger partial charge >= 0.3 is 0 Å². The quantitative estimate of drug-likeness (QED) is 0.883. The summed E-state index contributed by atoms with van der Waals surface area (Å²) in [7, 11) is 1.76. The van der Waals surface area contributed by atoms with Crippen LogP contribution in [0.1, 0.15) is 18.4 Å². The first-order chi connectivity index (χ1) is 9.52. The fraction of sp³-hybridized carbons (Fsp3) is 0.429. The number of nitrogens with two attached hydrogens (primary N) is 1. The summed E-state index contributed by atoms with van der Waals surface area (Å²) in [5.74, 6) is 1.27. The molecule has 0 aliphatic heterocycles. The molecule has 0 bridgehead atoms. The van der Waals surface area contributed by atoms with E-state index < -0.39 is 0 Å². The van der Waals surface area contributed by atoms with Crippen molar-refractivity contribution < 1.29 is 9.21 Å². The van der Waals surface area contributed by atoms with Crippen molar-refractivity contribution in [1.29, 1.82) is 0 Å². The minimum atomic E-state index is -0.00270. The van der Waals surface area contributed by atoms with Crippen molar-refractivity contribution in [2.45, 2.75) is 26.3 Å². The second kappa shape index (κ2) is 9.15. The highest BCUT2D eigenvalue weighted by Gasteiger charge is 2.19. The highest BCUT2D eigenvalue weighted by Crippen LogP contribution is 2.26. The van der Waals surface area contributed by atoms with Gasteiger partial charge in [0.25, 0.3) is 0 Å². The van der Waals surface area contributed by atoms with Gasteiger partial charge in [0.15, 0.2) is 0 Å². The zero-order valence-electron chi connectivity index (χ0n) is 12.7. The number of carbonyl (C=O) groups is 1. The number of nitrogens with zero attached hydrogens (tertiary/aromatic N) is 2. The summed E-state index contributed by atoms with van der Waals surface area (Å²) in [6.45, 7) is 4.20. The average molecular weight is 366 g/mol. The van der Waals surface area contributed by atoms with Gasteiger partial charge in [0.05, 0.1) is 17.0 Å². The third-order valence-electron chi connectivity index (χ3n) is 3.34. The number of carbonyl (C=O) groups excluding carboxylic acids is 1. The van der Waals surface area contributed by atoms with E-state index in [9.17, 15) is 4.79 Å². The molecular weight excluding hydrogens is 345 g/mol. The van der Waals surface area contributed by atoms with E-state index in [1.165, 1.54) is 0 Å². The minimum absolute atomic E-state index is 0. The molecule has 22 heavy (non-hydrogen) atoms. The lowest BCUT2D eigenvalue weighted by Crippen LogP contribution is -2.40. The van der Waals surface area contributed by atoms with Crippen LogP contribution in [0, 0.1) is 6.92 Å². The summed E-state index contributed by atoms with van der Waals surface area (Å²) in [6.07, 6.45) is 0.238. The Bertz CT molecular complexity index is 587. The third-order valence-corrected chi connectivity index (χ3v) is 4.20. The summed E-state index contributed by atoms with van der Waals surface area (Å²) < 4.78 is 5.63. The Morgan fingerprint density at radius 1 is 1.50 bits per heavy atom. The summed E-state index contributed by atoms with van der Waals surface area (Å²) in [6, 6.07) is 3.91. The Morgan fingerprint density at radius 3 is 2.73 bits per heavy atom. The van der Waals surface area contributed by atoms with Crippen LogP contribution >= 0.6 is 36.2 Å². The SMILES string of the molecule is Cc1oc(-c2cccs2)nc1CC(=O)N(C)C(C)CN.Cl.Cl. The molecule has 8 heteroatoms. The van der Waals surface area contributed by atoms with Crippen LogP contribution in [0.15, 0.2) is 21.9 Å². The smallest absolute Gasteiger partial charge is 0.236 e. The van der Waals surface area contributed by atoms with E-state index in [-0.39, 0.29) is 43.2 Å². The zero-order valence-corrected chi connectivity index (χ0v) is 15.2. The molecular formula is C14H21Cl2N3O2S. The Kier molecular flexibility index (Phi) is 8.70. The standard InChI is InChI=1S/C14H19N3O2S.2ClH/c1-9(8-15)17(3)13(18)7-11-10(2)19-14(16-11)12-5-4-6-20-12;;/h4-6,9H,7-8,15H2,1-3H3;2*1H. The Labute approximate surface area is 146 Å². The van der Waals surface area contributed by atoms with E-state index >= 15 is 0 Å². The topological polar surface area (TPSA) is 72.4 Å². The fourth-order valence-electron chi connectivity index (χ4n) is 1.77. The normalized spacial score (nSPS) is 11.3. The Balaban J connectivity index is 0.00000220. The van der Waals surface area contributed by atoms with Crippen LogP contribution in [0.25, 0.3) is 10.8 Å². The van der Waals surface area contributed by atoms with Gasteiger partial charge in [-0.1, -0.05) is 6.07 Å². The molecule has 0 saturated carbocycles. The van der Waals surface area contributed by atoms with Crippen LogP contribution < -0.4 is 5.73 Å². The molecule has 2 heterocycles. The van der Waals surface area contributed by atoms with Gasteiger partial charge in [-0.15, -0.1) is 36.2 Å². The van der Waals surface area contributed by atoms with Crippen molar-refractivity contribution in [2.75, 3.05) is 13.6 Å². The van der Waals surface area contributed by atoms with Crippen molar-refractivity contribution in [3.63, 3.8) is 0 Å². The number of oxazole rings is 1. The van der Waals surface area contributed by atoms with Gasteiger partial charge in [-0.2, -0.15) is 0 Å². The maximum atomic E-state index is 12.2. The zero-order chi connectivity index (χ0) is 14.7. The molecule has 1 amide bonds. The molecule has 124 valence electrons. The van der Waals surface area contributed by atoms with E-state index in [0.29, 0.717) is 23.9 Å². The van der Waals surface area contributed by atoms with Crippen LogP contribution in [0.5, 0.6) is 0 Å². The second-order valence-electron chi connectivity index (χ2n) is 4.77. The predicted octanol–water partition coefficient (Wildman–Crippen LogP) is 2.90. The van der Waals surface area contributed by atoms with E-state index in [1.807, 2.05) is 31.4 Å². The summed E-state index contributed by atoms with van der Waals surface area (Å²) in [5.41, 5.74) is 6.26. The first-order valence-electron chi connectivity index (χ1n) is 6.48. The van der Waals surface area contributed by atoms with Gasteiger partial charge in [0.1, 0.15) is 5.76 Å². The maximum absolute atomic E-state index is 12.2. The van der Waals surface area contributed by atoms with Gasteiger partial charge < -0.3 is 15.1 Å². The van der Waals surface area contributed by atoms with Crippen LogP contribution in [0.3, 0.4) is 0 Å². The molecule has 2 aromatic rings. The third kappa shape index (κ3) is 4.71. The number of amides is 1. The lowest BCUT2D eigenvalue weighted by atomic mass is 10.2. The van der Waals surface area contributed by atoms with Crippen LogP contribution in [0.4, 0.5) is 0 Å². The second-order valence-corrected chi connectivity index (χ2v) is 5.71. The molecule has 0 spiro atoms. The van der Waals surface area contributed by atoms with Crippen molar-refractivity contribution in [1.82, 2.24) is 9.88 Å². The number of aromatic nitrogens is 1. The lowest BCUT2D eigenvalue weighted by molar-refractivity contribution is -0.130. The molecule has 0 saturated heterocycles. The first-order valence-corrected chi connectivity index (χ1v) is 7.36. The molecule has 2 N–H and O–H groups in total. The highest BCUT2D eigenvalue weighted by molar-refractivity contribution is 7.13. The summed E-state index contributed by atoms with van der Waals surface area (Å²) >= 11 is 1.56. The van der Waals surface area contributed by atoms with E-state index in [1.54, 1.807) is 23.3 Å². The largest absolute Gasteiger partial charge is 0.440 e. The predicted molar refractivity (Wildman–Crippen MR) is 94.0 cm³/mol. The number of thiophene rings is 1. The molecule has 1 unspecified atom stereocenters. The van der Waals surface area contributed by atoms with Crippen molar-refractivity contribution >= 4 is 42.1 Å². The van der Waals surface area contributed by atoms with Gasteiger partial charge in [-0.05, 0) is 25.3 Å². The van der Waals surface area contributed by atoms with Gasteiger partial charge in [0.2, 0.25) is 11.8 Å². The van der Waals surface area contributed by atoms with Crippen LogP contribution in [0.2, 0.25) is 0 Å². The maximum Gasteiger partial charge on any atom is 0.236 e. The van der Waals surface area contributed by atoms with Crippen LogP contribution in [-0.4, -0.2) is 35.4 Å². The molecule has 2 rings (SSSR count). The highest BCUT2D eigenvalue weighted by atomic mass is 35.5. The molecule has 5 nitrogen and oxygen atoms in total. The number of hydrogen-bond acceptors (Lipinski definition) is 5. The van der Waals surface area contributed by atoms with E-state index in [2.05, 4.69) is 4.98 Å². The minimum Gasteiger partial charge on any atom is -0.440 e. The molecule has 2 aromatic heterocycles. The number of rotatable bonds is 5. The van der Waals surface area contributed by atoms with Gasteiger partial charge in [-0.25, -0.2) is 4.98 Å². The van der Waals surface area contributed by atoms with Crippen molar-refractivity contribution in [2.24, 2.45) is 5.73 Å². The number of likely N-dealkylation sites (N-methyl/N-ethyl adjacent to an activating group) is 1. The Morgan fingerprint density at radius 2 is 2.18 bits per heavy atom. The molecule has 0 aliphatic rings. The van der Waals surface area contributed by atoms with Gasteiger partial charge in [0, 0.05) is 19.6 Å². The first kappa shape index (κ1) is 20.9. The Hall–Kier alpha value is -1.08. The molecule has 0 aliphatic carbocycles.